The minimum Gasteiger partial charge on any atom is -0.256 e. The zero-order chi connectivity index (χ0) is 21.0. The molecule has 4 rings (SSSR count). The van der Waals surface area contributed by atoms with Crippen molar-refractivity contribution in [3.8, 4) is 22.4 Å². The fraction of sp³-hybridized carbons (Fsp3) is 0.393. The normalized spacial score (nSPS) is 20.2. The molecule has 0 N–H and O–H groups in total. The van der Waals surface area contributed by atoms with Crippen LogP contribution in [0.3, 0.4) is 0 Å². The molecule has 29 heavy (non-hydrogen) atoms. The van der Waals surface area contributed by atoms with Crippen LogP contribution in [0, 0.1) is 11.8 Å². The van der Waals surface area contributed by atoms with Crippen LogP contribution in [0.1, 0.15) is 59.1 Å². The zero-order valence-corrected chi connectivity index (χ0v) is 18.9. The van der Waals surface area contributed by atoms with E-state index in [1.54, 1.807) is 0 Å². The molecular weight excluding hydrogens is 350 g/mol. The highest BCUT2D eigenvalue weighted by atomic mass is 14.7. The summed E-state index contributed by atoms with van der Waals surface area (Å²) in [4.78, 5) is 4.78. The van der Waals surface area contributed by atoms with E-state index in [1.165, 1.54) is 34.2 Å². The van der Waals surface area contributed by atoms with Gasteiger partial charge in [0.25, 0.3) is 0 Å². The zero-order valence-electron chi connectivity index (χ0n) is 18.9. The maximum absolute atomic E-state index is 4.78. The Kier molecular flexibility index (Phi) is 6.57. The largest absolute Gasteiger partial charge is 0.256 e. The first kappa shape index (κ1) is 21.3. The minimum atomic E-state index is 0.278. The summed E-state index contributed by atoms with van der Waals surface area (Å²) in [7, 11) is 0. The molecule has 1 heteroatoms. The Hall–Kier alpha value is -2.41. The van der Waals surface area contributed by atoms with Crippen molar-refractivity contribution >= 4 is 0 Å². The molecule has 1 aliphatic rings. The van der Waals surface area contributed by atoms with Gasteiger partial charge in [-0.3, -0.25) is 4.98 Å². The Morgan fingerprint density at radius 2 is 1.66 bits per heavy atom. The molecule has 0 bridgehead atoms. The molecule has 2 atom stereocenters. The third-order valence-electron chi connectivity index (χ3n) is 6.14. The first-order valence-corrected chi connectivity index (χ1v) is 11.1. The second-order valence-electron chi connectivity index (χ2n) is 8.80. The summed E-state index contributed by atoms with van der Waals surface area (Å²) >= 11 is 0. The lowest BCUT2D eigenvalue weighted by Crippen LogP contribution is -2.06. The summed E-state index contributed by atoms with van der Waals surface area (Å²) in [6.45, 7) is 13.3. The van der Waals surface area contributed by atoms with Crippen molar-refractivity contribution in [1.82, 2.24) is 4.98 Å². The topological polar surface area (TPSA) is 12.9 Å². The highest BCUT2D eigenvalue weighted by molar-refractivity contribution is 5.75. The van der Waals surface area contributed by atoms with Crippen LogP contribution < -0.4 is 0 Å². The summed E-state index contributed by atoms with van der Waals surface area (Å²) in [5.41, 5.74) is 8.04. The third-order valence-corrected chi connectivity index (χ3v) is 6.14. The van der Waals surface area contributed by atoms with E-state index in [1.807, 2.05) is 20.0 Å². The lowest BCUT2D eigenvalue weighted by Gasteiger charge is -2.18. The van der Waals surface area contributed by atoms with Crippen LogP contribution >= 0.6 is 0 Å². The van der Waals surface area contributed by atoms with E-state index in [2.05, 4.69) is 88.4 Å². The van der Waals surface area contributed by atoms with Crippen LogP contribution in [0.15, 0.2) is 66.9 Å². The van der Waals surface area contributed by atoms with Gasteiger partial charge >= 0.3 is 0 Å². The second kappa shape index (κ2) is 8.95. The van der Waals surface area contributed by atoms with Crippen molar-refractivity contribution < 1.29 is 0 Å². The summed E-state index contributed by atoms with van der Waals surface area (Å²) in [5, 5.41) is 0. The van der Waals surface area contributed by atoms with Gasteiger partial charge in [0.2, 0.25) is 0 Å². The van der Waals surface area contributed by atoms with Crippen molar-refractivity contribution in [2.75, 3.05) is 0 Å². The number of nitrogens with zero attached hydrogens (tertiary/aromatic N) is 1. The Morgan fingerprint density at radius 1 is 0.966 bits per heavy atom. The standard InChI is InChI=1S/C26H29N.C2H6/c1-18(2)14-20-12-13-27-25(15-20)23-16-22(21-8-6-5-7-9-21)10-11-24(23)26(4)17-19(26)3;1-2/h5-13,15-16,18-19H,14,17H2,1-4H3;1-2H3. The monoisotopic (exact) mass is 385 g/mol. The molecule has 1 aliphatic carbocycles. The molecule has 0 spiro atoms. The van der Waals surface area contributed by atoms with Gasteiger partial charge in [-0.1, -0.05) is 84.0 Å². The van der Waals surface area contributed by atoms with E-state index < -0.39 is 0 Å². The molecule has 0 aliphatic heterocycles. The van der Waals surface area contributed by atoms with E-state index in [0.29, 0.717) is 5.92 Å². The third kappa shape index (κ3) is 4.61. The van der Waals surface area contributed by atoms with Crippen molar-refractivity contribution in [2.24, 2.45) is 11.8 Å². The molecule has 1 fully saturated rings. The van der Waals surface area contributed by atoms with Gasteiger partial charge in [-0.05, 0) is 70.5 Å². The fourth-order valence-corrected chi connectivity index (χ4v) is 4.24. The summed E-state index contributed by atoms with van der Waals surface area (Å²) in [6.07, 6.45) is 4.33. The van der Waals surface area contributed by atoms with E-state index in [9.17, 15) is 0 Å². The van der Waals surface area contributed by atoms with Crippen molar-refractivity contribution in [3.63, 3.8) is 0 Å². The molecule has 0 amide bonds. The number of hydrogen-bond donors (Lipinski definition) is 0. The van der Waals surface area contributed by atoms with Gasteiger partial charge in [0, 0.05) is 11.8 Å². The Morgan fingerprint density at radius 3 is 2.28 bits per heavy atom. The lowest BCUT2D eigenvalue weighted by molar-refractivity contribution is 0.647. The SMILES string of the molecule is CC.CC(C)Cc1ccnc(-c2cc(-c3ccccc3)ccc2C2(C)CC2C)c1. The molecular formula is C28H35N. The van der Waals surface area contributed by atoms with E-state index in [0.717, 1.165) is 18.0 Å². The van der Waals surface area contributed by atoms with Crippen molar-refractivity contribution in [1.29, 1.82) is 0 Å². The number of rotatable bonds is 5. The highest BCUT2D eigenvalue weighted by Gasteiger charge is 2.49. The number of hydrogen-bond acceptors (Lipinski definition) is 1. The average Bonchev–Trinajstić information content (AvgIpc) is 3.37. The highest BCUT2D eigenvalue weighted by Crippen LogP contribution is 2.56. The van der Waals surface area contributed by atoms with Crippen LogP contribution in [0.5, 0.6) is 0 Å². The van der Waals surface area contributed by atoms with Gasteiger partial charge in [0.15, 0.2) is 0 Å². The number of benzene rings is 2. The predicted molar refractivity (Wildman–Crippen MR) is 126 cm³/mol. The van der Waals surface area contributed by atoms with E-state index in [-0.39, 0.29) is 5.41 Å². The van der Waals surface area contributed by atoms with Gasteiger partial charge in [0.05, 0.1) is 5.69 Å². The molecule has 1 aromatic heterocycles. The average molecular weight is 386 g/mol. The van der Waals surface area contributed by atoms with Gasteiger partial charge in [-0.15, -0.1) is 0 Å². The van der Waals surface area contributed by atoms with Crippen LogP contribution in [-0.4, -0.2) is 4.98 Å². The maximum atomic E-state index is 4.78. The Bertz CT molecular complexity index is 942. The molecule has 0 radical (unpaired) electrons. The molecule has 152 valence electrons. The molecule has 0 saturated heterocycles. The van der Waals surface area contributed by atoms with Crippen molar-refractivity contribution in [2.45, 2.75) is 59.8 Å². The number of pyridine rings is 1. The summed E-state index contributed by atoms with van der Waals surface area (Å²) in [5.74, 6) is 1.38. The predicted octanol–water partition coefficient (Wildman–Crippen LogP) is 7.94. The maximum Gasteiger partial charge on any atom is 0.0707 e. The van der Waals surface area contributed by atoms with Gasteiger partial charge in [-0.2, -0.15) is 0 Å². The van der Waals surface area contributed by atoms with Crippen LogP contribution in [0.4, 0.5) is 0 Å². The van der Waals surface area contributed by atoms with Crippen LogP contribution in [0.25, 0.3) is 22.4 Å². The molecule has 2 aromatic carbocycles. The first-order valence-electron chi connectivity index (χ1n) is 11.1. The second-order valence-corrected chi connectivity index (χ2v) is 8.80. The van der Waals surface area contributed by atoms with E-state index >= 15 is 0 Å². The van der Waals surface area contributed by atoms with Gasteiger partial charge in [0.1, 0.15) is 0 Å². The van der Waals surface area contributed by atoms with Gasteiger partial charge in [-0.25, -0.2) is 0 Å². The van der Waals surface area contributed by atoms with Gasteiger partial charge < -0.3 is 0 Å². The number of aromatic nitrogens is 1. The van der Waals surface area contributed by atoms with Crippen LogP contribution in [0.2, 0.25) is 0 Å². The minimum absolute atomic E-state index is 0.278. The smallest absolute Gasteiger partial charge is 0.0707 e. The molecule has 3 aromatic rings. The first-order chi connectivity index (χ1) is 14.0. The molecule has 2 unspecified atom stereocenters. The molecule has 1 heterocycles. The van der Waals surface area contributed by atoms with E-state index in [4.69, 9.17) is 4.98 Å². The lowest BCUT2D eigenvalue weighted by atomic mass is 9.87. The molecule has 1 saturated carbocycles. The Labute approximate surface area is 177 Å². The quantitative estimate of drug-likeness (QED) is 0.434. The fourth-order valence-electron chi connectivity index (χ4n) is 4.24. The molecule has 1 nitrogen and oxygen atoms in total. The Balaban J connectivity index is 0.00000117. The van der Waals surface area contributed by atoms with Crippen molar-refractivity contribution in [3.05, 3.63) is 78.0 Å². The summed E-state index contributed by atoms with van der Waals surface area (Å²) < 4.78 is 0. The summed E-state index contributed by atoms with van der Waals surface area (Å²) in [6, 6.07) is 22.1. The van der Waals surface area contributed by atoms with Crippen LogP contribution in [-0.2, 0) is 11.8 Å².